The number of rotatable bonds is 4. The van der Waals surface area contributed by atoms with E-state index in [-0.39, 0.29) is 29.7 Å². The molecule has 0 aliphatic carbocycles. The number of amides is 3. The number of anilines is 1. The van der Waals surface area contributed by atoms with Gasteiger partial charge in [0, 0.05) is 18.2 Å². The maximum Gasteiger partial charge on any atom is 0.250 e. The van der Waals surface area contributed by atoms with Gasteiger partial charge >= 0.3 is 0 Å². The number of imide groups is 1. The van der Waals surface area contributed by atoms with Gasteiger partial charge in [-0.05, 0) is 24.0 Å². The van der Waals surface area contributed by atoms with Crippen LogP contribution in [0.3, 0.4) is 0 Å². The summed E-state index contributed by atoms with van der Waals surface area (Å²) in [6.07, 6.45) is 0.582. The lowest BCUT2D eigenvalue weighted by Gasteiger charge is -2.30. The van der Waals surface area contributed by atoms with Gasteiger partial charge in [-0.3, -0.25) is 24.6 Å². The summed E-state index contributed by atoms with van der Waals surface area (Å²) < 4.78 is 0. The zero-order valence-corrected chi connectivity index (χ0v) is 18.1. The standard InChI is InChI=1S/C24H24ClN3O3/c1-13(2)19-17-18(22(30)28(21(17)29)12-11-14-7-4-3-5-8-14)24(27-19)15-9-6-10-16(25)20(15)26-23(24)31/h3-10,13,17-19,27H,11-12H2,1-2H3,(H,26,31)/t17-,18-,19+,24-/m0/s1. The Balaban J connectivity index is 1.56. The lowest BCUT2D eigenvalue weighted by molar-refractivity contribution is -0.142. The van der Waals surface area contributed by atoms with Gasteiger partial charge in [-0.15, -0.1) is 0 Å². The van der Waals surface area contributed by atoms with E-state index in [9.17, 15) is 14.4 Å². The van der Waals surface area contributed by atoms with Crippen molar-refractivity contribution in [1.29, 1.82) is 0 Å². The molecule has 6 nitrogen and oxygen atoms in total. The molecule has 31 heavy (non-hydrogen) atoms. The highest BCUT2D eigenvalue weighted by atomic mass is 35.5. The molecule has 2 fully saturated rings. The molecule has 3 aliphatic heterocycles. The number of carbonyl (C=O) groups excluding carboxylic acids is 3. The van der Waals surface area contributed by atoms with Gasteiger partial charge in [-0.1, -0.05) is 67.9 Å². The highest BCUT2D eigenvalue weighted by molar-refractivity contribution is 6.35. The van der Waals surface area contributed by atoms with Crippen molar-refractivity contribution < 1.29 is 14.4 Å². The number of fused-ring (bicyclic) bond motifs is 4. The Kier molecular flexibility index (Phi) is 4.68. The SMILES string of the molecule is CC(C)[C@H]1N[C@]2(C(=O)Nc3c(Cl)cccc32)[C@@H]2C(=O)N(CCc3ccccc3)C(=O)[C@H]12. The number of hydrogen-bond donors (Lipinski definition) is 2. The smallest absolute Gasteiger partial charge is 0.250 e. The van der Waals surface area contributed by atoms with Crippen LogP contribution < -0.4 is 10.6 Å². The quantitative estimate of drug-likeness (QED) is 0.721. The van der Waals surface area contributed by atoms with Gasteiger partial charge in [-0.2, -0.15) is 0 Å². The minimum absolute atomic E-state index is 0.0636. The van der Waals surface area contributed by atoms with Crippen molar-refractivity contribution in [2.75, 3.05) is 11.9 Å². The second-order valence-electron chi connectivity index (χ2n) is 8.91. The second-order valence-corrected chi connectivity index (χ2v) is 9.31. The summed E-state index contributed by atoms with van der Waals surface area (Å²) in [7, 11) is 0. The molecular formula is C24H24ClN3O3. The summed E-state index contributed by atoms with van der Waals surface area (Å²) in [5, 5.41) is 6.70. The molecule has 4 atom stereocenters. The third-order valence-electron chi connectivity index (χ3n) is 6.91. The molecule has 2 N–H and O–H groups in total. The monoisotopic (exact) mass is 437 g/mol. The summed E-state index contributed by atoms with van der Waals surface area (Å²) in [5.41, 5.74) is 0.944. The first-order valence-corrected chi connectivity index (χ1v) is 11.0. The maximum atomic E-state index is 13.6. The molecule has 7 heteroatoms. The summed E-state index contributed by atoms with van der Waals surface area (Å²) in [5.74, 6) is -2.11. The number of para-hydroxylation sites is 1. The van der Waals surface area contributed by atoms with Crippen LogP contribution in [0.25, 0.3) is 0 Å². The van der Waals surface area contributed by atoms with Gasteiger partial charge in [0.05, 0.1) is 22.5 Å². The number of nitrogens with zero attached hydrogens (tertiary/aromatic N) is 1. The third kappa shape index (κ3) is 2.78. The first-order chi connectivity index (χ1) is 14.9. The lowest BCUT2D eigenvalue weighted by Crippen LogP contribution is -2.54. The van der Waals surface area contributed by atoms with Crippen molar-refractivity contribution in [3.8, 4) is 0 Å². The van der Waals surface area contributed by atoms with Crippen molar-refractivity contribution in [1.82, 2.24) is 10.2 Å². The third-order valence-corrected chi connectivity index (χ3v) is 7.23. The fraction of sp³-hybridized carbons (Fsp3) is 0.375. The van der Waals surface area contributed by atoms with Gasteiger partial charge in [0.15, 0.2) is 0 Å². The Morgan fingerprint density at radius 2 is 1.77 bits per heavy atom. The summed E-state index contributed by atoms with van der Waals surface area (Å²) in [4.78, 5) is 41.8. The van der Waals surface area contributed by atoms with E-state index in [1.54, 1.807) is 12.1 Å². The molecule has 160 valence electrons. The summed E-state index contributed by atoms with van der Waals surface area (Å²) >= 11 is 6.34. The molecule has 0 saturated carbocycles. The molecule has 3 aliphatic rings. The molecule has 0 bridgehead atoms. The van der Waals surface area contributed by atoms with Crippen LogP contribution in [0.1, 0.15) is 25.0 Å². The summed E-state index contributed by atoms with van der Waals surface area (Å²) in [6, 6.07) is 14.8. The fourth-order valence-electron chi connectivity index (χ4n) is 5.46. The van der Waals surface area contributed by atoms with Gasteiger partial charge in [-0.25, -0.2) is 0 Å². The Bertz CT molecular complexity index is 1090. The van der Waals surface area contributed by atoms with Crippen LogP contribution in [-0.4, -0.2) is 35.2 Å². The average molecular weight is 438 g/mol. The van der Waals surface area contributed by atoms with Crippen molar-refractivity contribution in [2.24, 2.45) is 17.8 Å². The molecule has 2 saturated heterocycles. The van der Waals surface area contributed by atoms with Crippen molar-refractivity contribution in [2.45, 2.75) is 31.8 Å². The number of benzene rings is 2. The normalized spacial score (nSPS) is 29.1. The number of hydrogen-bond acceptors (Lipinski definition) is 4. The van der Waals surface area contributed by atoms with Crippen LogP contribution in [0.5, 0.6) is 0 Å². The maximum absolute atomic E-state index is 13.6. The van der Waals surface area contributed by atoms with Crippen LogP contribution in [0.15, 0.2) is 48.5 Å². The molecule has 1 spiro atoms. The highest BCUT2D eigenvalue weighted by Gasteiger charge is 2.70. The van der Waals surface area contributed by atoms with E-state index >= 15 is 0 Å². The predicted octanol–water partition coefficient (Wildman–Crippen LogP) is 2.96. The number of halogens is 1. The van der Waals surface area contributed by atoms with Gasteiger partial charge in [0.2, 0.25) is 17.7 Å². The van der Waals surface area contributed by atoms with Gasteiger partial charge in [0.1, 0.15) is 5.54 Å². The van der Waals surface area contributed by atoms with Crippen LogP contribution in [0.4, 0.5) is 5.69 Å². The molecular weight excluding hydrogens is 414 g/mol. The summed E-state index contributed by atoms with van der Waals surface area (Å²) in [6.45, 7) is 4.31. The molecule has 5 rings (SSSR count). The average Bonchev–Trinajstić information content (AvgIpc) is 3.34. The Morgan fingerprint density at radius 3 is 2.48 bits per heavy atom. The van der Waals surface area contributed by atoms with E-state index < -0.39 is 17.4 Å². The Morgan fingerprint density at radius 1 is 1.03 bits per heavy atom. The first kappa shape index (κ1) is 20.2. The van der Waals surface area contributed by atoms with Crippen LogP contribution in [0, 0.1) is 17.8 Å². The largest absolute Gasteiger partial charge is 0.323 e. The Labute approximate surface area is 185 Å². The van der Waals surface area contributed by atoms with Gasteiger partial charge in [0.25, 0.3) is 0 Å². The van der Waals surface area contributed by atoms with E-state index in [1.165, 1.54) is 4.90 Å². The molecule has 0 unspecified atom stereocenters. The second kappa shape index (κ2) is 7.18. The molecule has 2 aromatic carbocycles. The predicted molar refractivity (Wildman–Crippen MR) is 117 cm³/mol. The minimum atomic E-state index is -1.28. The fourth-order valence-corrected chi connectivity index (χ4v) is 5.69. The molecule has 3 heterocycles. The molecule has 0 radical (unpaired) electrons. The number of likely N-dealkylation sites (tertiary alicyclic amines) is 1. The lowest BCUT2D eigenvalue weighted by atomic mass is 9.76. The van der Waals surface area contributed by atoms with Crippen molar-refractivity contribution in [3.63, 3.8) is 0 Å². The van der Waals surface area contributed by atoms with E-state index in [0.29, 0.717) is 29.2 Å². The van der Waals surface area contributed by atoms with Crippen molar-refractivity contribution >= 4 is 35.0 Å². The number of carbonyl (C=O) groups is 3. The van der Waals surface area contributed by atoms with E-state index in [0.717, 1.165) is 5.56 Å². The zero-order chi connectivity index (χ0) is 21.9. The van der Waals surface area contributed by atoms with Crippen LogP contribution >= 0.6 is 11.6 Å². The minimum Gasteiger partial charge on any atom is -0.323 e. The first-order valence-electron chi connectivity index (χ1n) is 10.6. The van der Waals surface area contributed by atoms with E-state index in [4.69, 9.17) is 11.6 Å². The molecule has 0 aromatic heterocycles. The van der Waals surface area contributed by atoms with Crippen molar-refractivity contribution in [3.05, 3.63) is 64.7 Å². The molecule has 2 aromatic rings. The zero-order valence-electron chi connectivity index (χ0n) is 17.4. The van der Waals surface area contributed by atoms with E-state index in [2.05, 4.69) is 10.6 Å². The highest BCUT2D eigenvalue weighted by Crippen LogP contribution is 2.54. The van der Waals surface area contributed by atoms with E-state index in [1.807, 2.05) is 50.2 Å². The topological polar surface area (TPSA) is 78.5 Å². The van der Waals surface area contributed by atoms with Crippen LogP contribution in [-0.2, 0) is 26.3 Å². The molecule has 3 amide bonds. The van der Waals surface area contributed by atoms with Gasteiger partial charge < -0.3 is 5.32 Å². The Hall–Kier alpha value is -2.70. The van der Waals surface area contributed by atoms with Crippen LogP contribution in [0.2, 0.25) is 5.02 Å². The number of nitrogens with one attached hydrogen (secondary N) is 2.